The molecule has 0 saturated heterocycles. The highest BCUT2D eigenvalue weighted by atomic mass is 16.5. The van der Waals surface area contributed by atoms with Crippen LogP contribution in [-0.2, 0) is 0 Å². The summed E-state index contributed by atoms with van der Waals surface area (Å²) in [7, 11) is 0. The zero-order valence-electron chi connectivity index (χ0n) is 14.4. The number of amides is 2. The molecule has 0 radical (unpaired) electrons. The van der Waals surface area contributed by atoms with Crippen molar-refractivity contribution in [2.45, 2.75) is 26.3 Å². The maximum Gasteiger partial charge on any atom is 0.319 e. The van der Waals surface area contributed by atoms with Crippen LogP contribution in [0.2, 0.25) is 0 Å². The maximum atomic E-state index is 12.3. The molecule has 3 aromatic rings. The van der Waals surface area contributed by atoms with Crippen molar-refractivity contribution in [2.24, 2.45) is 0 Å². The predicted octanol–water partition coefficient (Wildman–Crippen LogP) is 5.10. The molecular weight excluding hydrogens is 316 g/mol. The van der Waals surface area contributed by atoms with Crippen LogP contribution in [0, 0.1) is 0 Å². The molecule has 1 unspecified atom stereocenters. The molecule has 0 spiro atoms. The predicted molar refractivity (Wildman–Crippen MR) is 99.0 cm³/mol. The van der Waals surface area contributed by atoms with Crippen molar-refractivity contribution in [1.82, 2.24) is 5.32 Å². The third-order valence-electron chi connectivity index (χ3n) is 3.82. The minimum Gasteiger partial charge on any atom is -0.491 e. The lowest BCUT2D eigenvalue weighted by Gasteiger charge is -2.15. The zero-order chi connectivity index (χ0) is 17.6. The highest BCUT2D eigenvalue weighted by Gasteiger charge is 2.15. The van der Waals surface area contributed by atoms with Crippen molar-refractivity contribution in [1.29, 1.82) is 0 Å². The summed E-state index contributed by atoms with van der Waals surface area (Å²) >= 11 is 0. The number of para-hydroxylation sites is 3. The fourth-order valence-electron chi connectivity index (χ4n) is 2.55. The number of benzene rings is 2. The Kier molecular flexibility index (Phi) is 5.23. The Hall–Kier alpha value is -2.95. The third kappa shape index (κ3) is 4.12. The lowest BCUT2D eigenvalue weighted by atomic mass is 10.2. The van der Waals surface area contributed by atoms with Gasteiger partial charge in [0.1, 0.15) is 17.1 Å². The molecule has 0 aliphatic rings. The minimum absolute atomic E-state index is 0.254. The van der Waals surface area contributed by atoms with Crippen molar-refractivity contribution < 1.29 is 13.9 Å². The van der Waals surface area contributed by atoms with Gasteiger partial charge in [-0.25, -0.2) is 4.79 Å². The highest BCUT2D eigenvalue weighted by Crippen LogP contribution is 2.25. The van der Waals surface area contributed by atoms with E-state index < -0.39 is 0 Å². The summed E-state index contributed by atoms with van der Waals surface area (Å²) in [6.45, 7) is 4.53. The van der Waals surface area contributed by atoms with Gasteiger partial charge in [0.15, 0.2) is 0 Å². The Morgan fingerprint density at radius 1 is 1.16 bits per heavy atom. The van der Waals surface area contributed by atoms with Gasteiger partial charge in [-0.15, -0.1) is 0 Å². The molecule has 0 saturated carbocycles. The van der Waals surface area contributed by atoms with E-state index in [9.17, 15) is 4.79 Å². The number of carbonyl (C=O) groups is 1. The van der Waals surface area contributed by atoms with Crippen LogP contribution in [0.5, 0.6) is 5.75 Å². The molecule has 0 aliphatic carbocycles. The van der Waals surface area contributed by atoms with Gasteiger partial charge in [0.25, 0.3) is 0 Å². The van der Waals surface area contributed by atoms with E-state index in [2.05, 4.69) is 10.6 Å². The molecule has 3 rings (SSSR count). The van der Waals surface area contributed by atoms with Crippen LogP contribution in [0.1, 0.15) is 32.1 Å². The summed E-state index contributed by atoms with van der Waals surface area (Å²) in [6.07, 6.45) is 0.906. The lowest BCUT2D eigenvalue weighted by molar-refractivity contribution is 0.247. The molecule has 2 aromatic carbocycles. The van der Waals surface area contributed by atoms with E-state index in [1.807, 2.05) is 68.4 Å². The third-order valence-corrected chi connectivity index (χ3v) is 3.82. The summed E-state index contributed by atoms with van der Waals surface area (Å²) in [5.74, 6) is 1.38. The molecule has 0 aliphatic heterocycles. The quantitative estimate of drug-likeness (QED) is 0.657. The minimum atomic E-state index is -0.305. The van der Waals surface area contributed by atoms with Crippen LogP contribution >= 0.6 is 0 Å². The largest absolute Gasteiger partial charge is 0.491 e. The van der Waals surface area contributed by atoms with Gasteiger partial charge in [0, 0.05) is 5.39 Å². The molecule has 130 valence electrons. The number of hydrogen-bond donors (Lipinski definition) is 2. The second kappa shape index (κ2) is 7.75. The molecule has 1 aromatic heterocycles. The Labute approximate surface area is 147 Å². The summed E-state index contributed by atoms with van der Waals surface area (Å²) in [5.41, 5.74) is 1.45. The number of fused-ring (bicyclic) bond motifs is 1. The van der Waals surface area contributed by atoms with Gasteiger partial charge in [0.2, 0.25) is 0 Å². The van der Waals surface area contributed by atoms with E-state index in [4.69, 9.17) is 9.15 Å². The summed E-state index contributed by atoms with van der Waals surface area (Å²) in [6, 6.07) is 16.6. The van der Waals surface area contributed by atoms with Gasteiger partial charge in [-0.2, -0.15) is 0 Å². The van der Waals surface area contributed by atoms with E-state index in [-0.39, 0.29) is 12.1 Å². The van der Waals surface area contributed by atoms with Crippen molar-refractivity contribution in [3.05, 3.63) is 60.4 Å². The van der Waals surface area contributed by atoms with Crippen molar-refractivity contribution in [3.63, 3.8) is 0 Å². The molecule has 25 heavy (non-hydrogen) atoms. The average molecular weight is 338 g/mol. The highest BCUT2D eigenvalue weighted by molar-refractivity contribution is 5.91. The number of furan rings is 1. The Morgan fingerprint density at radius 3 is 2.72 bits per heavy atom. The van der Waals surface area contributed by atoms with E-state index >= 15 is 0 Å². The number of hydrogen-bond acceptors (Lipinski definition) is 3. The van der Waals surface area contributed by atoms with Gasteiger partial charge in [-0.05, 0) is 37.6 Å². The topological polar surface area (TPSA) is 63.5 Å². The fraction of sp³-hybridized carbons (Fsp3) is 0.250. The molecule has 5 nitrogen and oxygen atoms in total. The van der Waals surface area contributed by atoms with Crippen molar-refractivity contribution in [3.8, 4) is 5.75 Å². The van der Waals surface area contributed by atoms with Gasteiger partial charge >= 0.3 is 6.03 Å². The first kappa shape index (κ1) is 16.9. The first-order valence-electron chi connectivity index (χ1n) is 8.45. The average Bonchev–Trinajstić information content (AvgIpc) is 3.05. The first-order chi connectivity index (χ1) is 12.2. The second-order valence-corrected chi connectivity index (χ2v) is 5.85. The number of nitrogens with one attached hydrogen (secondary N) is 2. The number of urea groups is 1. The fourth-order valence-corrected chi connectivity index (χ4v) is 2.55. The lowest BCUT2D eigenvalue weighted by Crippen LogP contribution is -2.31. The zero-order valence-corrected chi connectivity index (χ0v) is 14.4. The van der Waals surface area contributed by atoms with Crippen molar-refractivity contribution in [2.75, 3.05) is 11.9 Å². The molecule has 5 heteroatoms. The maximum absolute atomic E-state index is 12.3. The van der Waals surface area contributed by atoms with Gasteiger partial charge in [-0.1, -0.05) is 37.3 Å². The second-order valence-electron chi connectivity index (χ2n) is 5.85. The first-order valence-corrected chi connectivity index (χ1v) is 8.45. The normalized spacial score (nSPS) is 11.9. The van der Waals surface area contributed by atoms with Crippen LogP contribution in [0.3, 0.4) is 0 Å². The van der Waals surface area contributed by atoms with E-state index in [0.29, 0.717) is 23.8 Å². The van der Waals surface area contributed by atoms with E-state index in [0.717, 1.165) is 17.4 Å². The van der Waals surface area contributed by atoms with Crippen LogP contribution in [-0.4, -0.2) is 12.6 Å². The van der Waals surface area contributed by atoms with Crippen molar-refractivity contribution >= 4 is 22.7 Å². The number of anilines is 1. The summed E-state index contributed by atoms with van der Waals surface area (Å²) in [4.78, 5) is 12.3. The molecule has 2 amide bonds. The van der Waals surface area contributed by atoms with Gasteiger partial charge in [0.05, 0.1) is 18.3 Å². The summed E-state index contributed by atoms with van der Waals surface area (Å²) in [5, 5.41) is 6.75. The molecule has 1 heterocycles. The molecule has 1 atom stereocenters. The SMILES string of the molecule is CCCOc1ccccc1NC(=O)NC(C)c1cc2ccccc2o1. The van der Waals surface area contributed by atoms with Crippen LogP contribution in [0.4, 0.5) is 10.5 Å². The number of carbonyl (C=O) groups excluding carboxylic acids is 1. The van der Waals surface area contributed by atoms with E-state index in [1.54, 1.807) is 0 Å². The van der Waals surface area contributed by atoms with Crippen LogP contribution in [0.25, 0.3) is 11.0 Å². The number of rotatable bonds is 6. The Bertz CT molecular complexity index is 824. The number of ether oxygens (including phenoxy) is 1. The van der Waals surface area contributed by atoms with E-state index in [1.165, 1.54) is 0 Å². The smallest absolute Gasteiger partial charge is 0.319 e. The van der Waals surface area contributed by atoms with Gasteiger partial charge in [-0.3, -0.25) is 0 Å². The molecule has 0 bridgehead atoms. The standard InChI is InChI=1S/C20H22N2O3/c1-3-12-24-18-11-7-5-9-16(18)22-20(23)21-14(2)19-13-15-8-4-6-10-17(15)25-19/h4-11,13-14H,3,12H2,1-2H3,(H2,21,22,23). The van der Waals surface area contributed by atoms with Gasteiger partial charge < -0.3 is 19.8 Å². The Morgan fingerprint density at radius 2 is 1.92 bits per heavy atom. The van der Waals surface area contributed by atoms with Crippen LogP contribution in [0.15, 0.2) is 59.0 Å². The summed E-state index contributed by atoms with van der Waals surface area (Å²) < 4.78 is 11.4. The monoisotopic (exact) mass is 338 g/mol. The van der Waals surface area contributed by atoms with Crippen LogP contribution < -0.4 is 15.4 Å². The Balaban J connectivity index is 1.66. The molecule has 0 fully saturated rings. The molecule has 2 N–H and O–H groups in total. The molecular formula is C20H22N2O3.